The van der Waals surface area contributed by atoms with E-state index in [1.807, 2.05) is 0 Å². The fourth-order valence-corrected chi connectivity index (χ4v) is 3.03. The van der Waals surface area contributed by atoms with Crippen molar-refractivity contribution in [2.45, 2.75) is 18.1 Å². The molecule has 5 nitrogen and oxygen atoms in total. The van der Waals surface area contributed by atoms with E-state index in [1.165, 1.54) is 49.6 Å². The molecule has 0 amide bonds. The molecule has 0 atom stereocenters. The van der Waals surface area contributed by atoms with Crippen LogP contribution in [0, 0.1) is 0 Å². The van der Waals surface area contributed by atoms with E-state index in [9.17, 15) is 17.2 Å². The predicted molar refractivity (Wildman–Crippen MR) is 81.0 cm³/mol. The van der Waals surface area contributed by atoms with Gasteiger partial charge in [-0.25, -0.2) is 13.4 Å². The molecule has 9 heteroatoms. The summed E-state index contributed by atoms with van der Waals surface area (Å²) in [6.45, 7) is -2.83. The fraction of sp³-hybridized carbons (Fsp3) is 0.214. The highest BCUT2D eigenvalue weighted by Crippen LogP contribution is 2.19. The van der Waals surface area contributed by atoms with Crippen LogP contribution in [0.15, 0.2) is 47.5 Å². The van der Waals surface area contributed by atoms with Crippen LogP contribution < -0.4 is 4.74 Å². The van der Waals surface area contributed by atoms with E-state index in [0.717, 1.165) is 4.31 Å². The molecule has 0 aliphatic rings. The van der Waals surface area contributed by atoms with Crippen molar-refractivity contribution in [2.75, 3.05) is 7.05 Å². The van der Waals surface area contributed by atoms with Gasteiger partial charge in [-0.05, 0) is 29.8 Å². The monoisotopic (exact) mass is 362 g/mol. The molecule has 0 radical (unpaired) electrons. The molecule has 2 rings (SSSR count). The van der Waals surface area contributed by atoms with Gasteiger partial charge in [-0.3, -0.25) is 0 Å². The summed E-state index contributed by atoms with van der Waals surface area (Å²) in [4.78, 5) is 3.76. The van der Waals surface area contributed by atoms with E-state index in [0.29, 0.717) is 5.56 Å². The number of hydrogen-bond acceptors (Lipinski definition) is 4. The maximum absolute atomic E-state index is 12.4. The van der Waals surface area contributed by atoms with E-state index in [1.54, 1.807) is 0 Å². The van der Waals surface area contributed by atoms with E-state index in [4.69, 9.17) is 11.6 Å². The van der Waals surface area contributed by atoms with Crippen molar-refractivity contribution in [1.82, 2.24) is 9.29 Å². The van der Waals surface area contributed by atoms with Gasteiger partial charge in [0, 0.05) is 19.8 Å². The molecule has 0 bridgehead atoms. The number of benzene rings is 1. The molecular weight excluding hydrogens is 350 g/mol. The highest BCUT2D eigenvalue weighted by atomic mass is 35.5. The summed E-state index contributed by atoms with van der Waals surface area (Å²) in [5.74, 6) is 0.0103. The second-order valence-corrected chi connectivity index (χ2v) is 7.03. The Morgan fingerprint density at radius 1 is 1.22 bits per heavy atom. The first-order valence-electron chi connectivity index (χ1n) is 6.40. The Morgan fingerprint density at radius 2 is 1.87 bits per heavy atom. The zero-order chi connectivity index (χ0) is 17.0. The molecule has 2 aromatic rings. The number of halogens is 3. The van der Waals surface area contributed by atoms with E-state index in [-0.39, 0.29) is 22.3 Å². The lowest BCUT2D eigenvalue weighted by molar-refractivity contribution is -0.0498. The lowest BCUT2D eigenvalue weighted by Crippen LogP contribution is -2.26. The summed E-state index contributed by atoms with van der Waals surface area (Å²) >= 11 is 5.64. The normalized spacial score (nSPS) is 11.9. The van der Waals surface area contributed by atoms with Crippen molar-refractivity contribution in [3.05, 3.63) is 53.3 Å². The molecule has 1 aromatic carbocycles. The molecule has 0 spiro atoms. The minimum Gasteiger partial charge on any atom is -0.435 e. The average Bonchev–Trinajstić information content (AvgIpc) is 2.49. The lowest BCUT2D eigenvalue weighted by Gasteiger charge is -2.17. The highest BCUT2D eigenvalue weighted by molar-refractivity contribution is 7.89. The largest absolute Gasteiger partial charge is 0.435 e. The van der Waals surface area contributed by atoms with Gasteiger partial charge in [0.2, 0.25) is 10.0 Å². The minimum atomic E-state index is -3.72. The predicted octanol–water partition coefficient (Wildman–Crippen LogP) is 3.16. The molecule has 0 aliphatic heterocycles. The number of hydrogen-bond donors (Lipinski definition) is 0. The molecule has 0 saturated heterocycles. The van der Waals surface area contributed by atoms with Crippen molar-refractivity contribution >= 4 is 21.6 Å². The number of alkyl halides is 2. The third-order valence-electron chi connectivity index (χ3n) is 2.96. The summed E-state index contributed by atoms with van der Waals surface area (Å²) in [6, 6.07) is 8.49. The van der Waals surface area contributed by atoms with Crippen LogP contribution in [-0.2, 0) is 16.6 Å². The van der Waals surface area contributed by atoms with Crippen LogP contribution in [0.3, 0.4) is 0 Å². The third kappa shape index (κ3) is 4.60. The smallest absolute Gasteiger partial charge is 0.387 e. The summed E-state index contributed by atoms with van der Waals surface area (Å²) < 4.78 is 54.3. The number of ether oxygens (including phenoxy) is 1. The first-order chi connectivity index (χ1) is 10.8. The minimum absolute atomic E-state index is 0.0103. The molecule has 23 heavy (non-hydrogen) atoms. The van der Waals surface area contributed by atoms with Crippen LogP contribution in [0.5, 0.6) is 5.75 Å². The van der Waals surface area contributed by atoms with Crippen molar-refractivity contribution < 1.29 is 21.9 Å². The zero-order valence-corrected chi connectivity index (χ0v) is 13.6. The van der Waals surface area contributed by atoms with Gasteiger partial charge in [0.1, 0.15) is 15.8 Å². The third-order valence-corrected chi connectivity index (χ3v) is 4.97. The van der Waals surface area contributed by atoms with Crippen molar-refractivity contribution in [1.29, 1.82) is 0 Å². The van der Waals surface area contributed by atoms with Gasteiger partial charge in [-0.2, -0.15) is 13.1 Å². The zero-order valence-electron chi connectivity index (χ0n) is 12.0. The van der Waals surface area contributed by atoms with Crippen LogP contribution in [0.4, 0.5) is 8.78 Å². The van der Waals surface area contributed by atoms with Crippen molar-refractivity contribution in [2.24, 2.45) is 0 Å². The Labute approximate surface area is 137 Å². The van der Waals surface area contributed by atoms with Gasteiger partial charge >= 0.3 is 6.61 Å². The number of aromatic nitrogens is 1. The second kappa shape index (κ2) is 7.20. The van der Waals surface area contributed by atoms with Gasteiger partial charge in [-0.15, -0.1) is 0 Å². The SMILES string of the molecule is CN(Cc1ccc(OC(F)F)cc1)S(=O)(=O)c1ccc(Cl)nc1. The summed E-state index contributed by atoms with van der Waals surface area (Å²) in [5, 5.41) is 0.196. The van der Waals surface area contributed by atoms with Crippen molar-refractivity contribution in [3.8, 4) is 5.75 Å². The van der Waals surface area contributed by atoms with Crippen LogP contribution in [0.25, 0.3) is 0 Å². The Morgan fingerprint density at radius 3 is 2.39 bits per heavy atom. The molecule has 0 fully saturated rings. The Hall–Kier alpha value is -1.77. The average molecular weight is 363 g/mol. The Kier molecular flexibility index (Phi) is 5.51. The molecule has 0 aliphatic carbocycles. The van der Waals surface area contributed by atoms with E-state index >= 15 is 0 Å². The van der Waals surface area contributed by atoms with Gasteiger partial charge in [-0.1, -0.05) is 23.7 Å². The van der Waals surface area contributed by atoms with Gasteiger partial charge in [0.25, 0.3) is 0 Å². The quantitative estimate of drug-likeness (QED) is 0.741. The van der Waals surface area contributed by atoms with Crippen LogP contribution in [-0.4, -0.2) is 31.4 Å². The molecule has 124 valence electrons. The van der Waals surface area contributed by atoms with Crippen LogP contribution >= 0.6 is 11.6 Å². The lowest BCUT2D eigenvalue weighted by atomic mass is 10.2. The maximum atomic E-state index is 12.4. The topological polar surface area (TPSA) is 59.5 Å². The Bertz CT molecular complexity index is 753. The summed E-state index contributed by atoms with van der Waals surface area (Å²) in [6.07, 6.45) is 1.17. The number of rotatable bonds is 6. The standard InChI is InChI=1S/C14H13ClF2N2O3S/c1-19(23(20,21)12-6-7-13(15)18-8-12)9-10-2-4-11(5-3-10)22-14(16)17/h2-8,14H,9H2,1H3. The number of pyridine rings is 1. The molecule has 0 saturated carbocycles. The van der Waals surface area contributed by atoms with Gasteiger partial charge < -0.3 is 4.74 Å². The molecule has 1 aromatic heterocycles. The van der Waals surface area contributed by atoms with Crippen molar-refractivity contribution in [3.63, 3.8) is 0 Å². The molecule has 0 unspecified atom stereocenters. The Balaban J connectivity index is 2.11. The highest BCUT2D eigenvalue weighted by Gasteiger charge is 2.21. The molecular formula is C14H13ClF2N2O3S. The van der Waals surface area contributed by atoms with Crippen LogP contribution in [0.1, 0.15) is 5.56 Å². The molecule has 0 N–H and O–H groups in total. The van der Waals surface area contributed by atoms with Gasteiger partial charge in [0.15, 0.2) is 0 Å². The maximum Gasteiger partial charge on any atom is 0.387 e. The van der Waals surface area contributed by atoms with Crippen LogP contribution in [0.2, 0.25) is 5.15 Å². The van der Waals surface area contributed by atoms with E-state index < -0.39 is 16.6 Å². The first-order valence-corrected chi connectivity index (χ1v) is 8.22. The fourth-order valence-electron chi connectivity index (χ4n) is 1.81. The first kappa shape index (κ1) is 17.6. The van der Waals surface area contributed by atoms with Gasteiger partial charge in [0.05, 0.1) is 0 Å². The van der Waals surface area contributed by atoms with E-state index in [2.05, 4.69) is 9.72 Å². The number of nitrogens with zero attached hydrogens (tertiary/aromatic N) is 2. The molecule has 1 heterocycles. The number of sulfonamides is 1. The summed E-state index contributed by atoms with van der Waals surface area (Å²) in [7, 11) is -2.31. The second-order valence-electron chi connectivity index (χ2n) is 4.60. The summed E-state index contributed by atoms with van der Waals surface area (Å²) in [5.41, 5.74) is 0.625.